The van der Waals surface area contributed by atoms with Gasteiger partial charge in [-0.05, 0) is 84.5 Å². The van der Waals surface area contributed by atoms with E-state index in [1.165, 1.54) is 5.57 Å². The molecule has 1 aromatic rings. The number of nitrogens with zero attached hydrogens (tertiary/aromatic N) is 4. The Kier molecular flexibility index (Phi) is 6.39. The van der Waals surface area contributed by atoms with Crippen LogP contribution in [0.4, 0.5) is 0 Å². The summed E-state index contributed by atoms with van der Waals surface area (Å²) in [7, 11) is 0. The van der Waals surface area contributed by atoms with Crippen LogP contribution >= 0.6 is 0 Å². The van der Waals surface area contributed by atoms with E-state index >= 15 is 0 Å². The first-order chi connectivity index (χ1) is 19.2. The average molecular weight is 561 g/mol. The highest BCUT2D eigenvalue weighted by molar-refractivity contribution is 5.95. The molecule has 0 radical (unpaired) electrons. The predicted octanol–water partition coefficient (Wildman–Crippen LogP) is 6.15. The first-order valence-corrected chi connectivity index (χ1v) is 15.6. The van der Waals surface area contributed by atoms with Crippen LogP contribution in [0.3, 0.4) is 0 Å². The Balaban J connectivity index is 1.53. The van der Waals surface area contributed by atoms with Gasteiger partial charge >= 0.3 is 0 Å². The number of nitriles is 1. The molecule has 6 rings (SSSR count). The molecule has 0 bridgehead atoms. The van der Waals surface area contributed by atoms with E-state index in [2.05, 4.69) is 70.9 Å². The Morgan fingerprint density at radius 1 is 1.10 bits per heavy atom. The smallest absolute Gasteiger partial charge is 0.159 e. The summed E-state index contributed by atoms with van der Waals surface area (Å²) in [5.74, 6) is 0.544. The first-order valence-electron chi connectivity index (χ1n) is 15.6. The van der Waals surface area contributed by atoms with Crippen molar-refractivity contribution in [3.8, 4) is 6.07 Å². The van der Waals surface area contributed by atoms with Crippen molar-refractivity contribution in [2.45, 2.75) is 106 Å². The van der Waals surface area contributed by atoms with Crippen molar-refractivity contribution >= 4 is 5.78 Å². The van der Waals surface area contributed by atoms with Crippen LogP contribution in [-0.2, 0) is 21.7 Å². The van der Waals surface area contributed by atoms with Crippen LogP contribution < -0.4 is 0 Å². The molecule has 7 atom stereocenters. The normalized spacial score (nSPS) is 44.4. The van der Waals surface area contributed by atoms with Gasteiger partial charge in [-0.15, -0.1) is 5.10 Å². The molecular weight excluding hydrogens is 512 g/mol. The van der Waals surface area contributed by atoms with Gasteiger partial charge in [-0.1, -0.05) is 65.3 Å². The largest absolute Gasteiger partial charge is 0.390 e. The van der Waals surface area contributed by atoms with E-state index in [0.717, 1.165) is 44.9 Å². The molecule has 5 aliphatic rings. The number of hydrogen-bond acceptors (Lipinski definition) is 6. The molecule has 1 aliphatic heterocycles. The molecule has 0 aromatic carbocycles. The number of aliphatic hydroxyl groups is 1. The van der Waals surface area contributed by atoms with Crippen LogP contribution in [-0.4, -0.2) is 39.1 Å². The monoisotopic (exact) mass is 560 g/mol. The molecule has 3 fully saturated rings. The number of carbonyl (C=O) groups excluding carboxylic acids is 1. The Bertz CT molecular complexity index is 1370. The summed E-state index contributed by atoms with van der Waals surface area (Å²) in [4.78, 5) is 14.7. The minimum Gasteiger partial charge on any atom is -0.390 e. The summed E-state index contributed by atoms with van der Waals surface area (Å²) >= 11 is 0. The third-order valence-electron chi connectivity index (χ3n) is 13.0. The lowest BCUT2D eigenvalue weighted by molar-refractivity contribution is -0.169. The molecule has 41 heavy (non-hydrogen) atoms. The van der Waals surface area contributed by atoms with Crippen LogP contribution in [0.1, 0.15) is 99.1 Å². The maximum Gasteiger partial charge on any atom is 0.159 e. The van der Waals surface area contributed by atoms with Crippen molar-refractivity contribution in [2.24, 2.45) is 44.8 Å². The van der Waals surface area contributed by atoms with Crippen molar-refractivity contribution in [3.63, 3.8) is 0 Å². The molecular formula is C34H48N4O3. The maximum atomic E-state index is 14.7. The number of fused-ring (bicyclic) bond motifs is 7. The fraction of sp³-hybridized carbons (Fsp3) is 0.765. The van der Waals surface area contributed by atoms with E-state index in [1.54, 1.807) is 0 Å². The van der Waals surface area contributed by atoms with Crippen molar-refractivity contribution < 1.29 is 14.6 Å². The minimum atomic E-state index is -0.392. The fourth-order valence-corrected chi connectivity index (χ4v) is 10.7. The zero-order valence-corrected chi connectivity index (χ0v) is 26.1. The van der Waals surface area contributed by atoms with Gasteiger partial charge in [0.15, 0.2) is 5.78 Å². The van der Waals surface area contributed by atoms with Crippen LogP contribution in [0.5, 0.6) is 0 Å². The molecule has 2 heterocycles. The number of rotatable bonds is 2. The maximum absolute atomic E-state index is 14.7. The van der Waals surface area contributed by atoms with Gasteiger partial charge < -0.3 is 9.84 Å². The summed E-state index contributed by atoms with van der Waals surface area (Å²) in [6.07, 6.45) is 13.1. The topological polar surface area (TPSA) is 101 Å². The summed E-state index contributed by atoms with van der Waals surface area (Å²) in [6, 6.07) is 2.41. The third-order valence-corrected chi connectivity index (χ3v) is 13.0. The summed E-state index contributed by atoms with van der Waals surface area (Å²) < 4.78 is 8.04. The molecule has 0 unspecified atom stereocenters. The van der Waals surface area contributed by atoms with Gasteiger partial charge in [0.25, 0.3) is 0 Å². The molecule has 0 spiro atoms. The molecule has 1 N–H and O–H groups in total. The number of ketones is 1. The van der Waals surface area contributed by atoms with Gasteiger partial charge in [0.2, 0.25) is 0 Å². The number of ether oxygens (including phenoxy) is 1. The van der Waals surface area contributed by atoms with Crippen LogP contribution in [0.25, 0.3) is 0 Å². The van der Waals surface area contributed by atoms with Crippen molar-refractivity contribution in [1.29, 1.82) is 5.26 Å². The lowest BCUT2D eigenvalue weighted by Gasteiger charge is -2.69. The standard InChI is InChI=1S/C34H48N4O3/c1-29(2)10-12-34(38-18-23(19-39)36-37-38)13-11-33(7)28(24(34)16-29)25(40)14-27-31(5)15-22(17-35)20-41-21-30(3,4)26(31)8-9-32(27,33)6/h14-15,18,24,26,28,39H,8-13,16,19-21H2,1-7H3/b22-15-/t24-,26-,28-,31-,32+,33+,34-/m0/s1. The Morgan fingerprint density at radius 3 is 2.51 bits per heavy atom. The van der Waals surface area contributed by atoms with E-state index in [9.17, 15) is 15.2 Å². The van der Waals surface area contributed by atoms with Crippen LogP contribution in [0.2, 0.25) is 0 Å². The molecule has 1 aromatic heterocycles. The second-order valence-electron chi connectivity index (χ2n) is 16.2. The minimum absolute atomic E-state index is 0.0815. The van der Waals surface area contributed by atoms with E-state index in [-0.39, 0.29) is 57.3 Å². The van der Waals surface area contributed by atoms with Crippen molar-refractivity contribution in [2.75, 3.05) is 13.2 Å². The molecule has 4 aliphatic carbocycles. The van der Waals surface area contributed by atoms with Crippen LogP contribution in [0, 0.1) is 56.2 Å². The first kappa shape index (κ1) is 28.8. The van der Waals surface area contributed by atoms with E-state index in [0.29, 0.717) is 24.5 Å². The molecule has 7 nitrogen and oxygen atoms in total. The summed E-state index contributed by atoms with van der Waals surface area (Å²) in [6.45, 7) is 17.2. The average Bonchev–Trinajstić information content (AvgIpc) is 3.38. The number of hydrogen-bond donors (Lipinski definition) is 1. The molecule has 7 heteroatoms. The van der Waals surface area contributed by atoms with E-state index < -0.39 is 5.41 Å². The second-order valence-corrected chi connectivity index (χ2v) is 16.2. The highest BCUT2D eigenvalue weighted by Crippen LogP contribution is 2.73. The number of allylic oxidation sites excluding steroid dienone is 3. The third kappa shape index (κ3) is 3.92. The number of carbonyl (C=O) groups is 1. The SMILES string of the molecule is CC1(C)CC[C@]2(n3cc(CO)nn3)CC[C@]3(C)[C@H](C(=O)C=C4[C@@]5(C)/C=C(/C#N)COCC(C)(C)[C@@H]5CC[C@]43C)[C@@H]2C1. The zero-order valence-electron chi connectivity index (χ0n) is 26.1. The lowest BCUT2D eigenvalue weighted by atomic mass is 9.35. The molecule has 0 saturated heterocycles. The van der Waals surface area contributed by atoms with Crippen molar-refractivity contribution in [1.82, 2.24) is 15.0 Å². The molecule has 0 amide bonds. The Morgan fingerprint density at radius 2 is 1.83 bits per heavy atom. The van der Waals surface area contributed by atoms with Crippen LogP contribution in [0.15, 0.2) is 29.5 Å². The summed E-state index contributed by atoms with van der Waals surface area (Å²) in [5.41, 5.74) is 1.49. The van der Waals surface area contributed by atoms with Gasteiger partial charge in [-0.2, -0.15) is 5.26 Å². The Labute approximate surface area is 245 Å². The molecule has 3 saturated carbocycles. The van der Waals surface area contributed by atoms with Gasteiger partial charge in [0, 0.05) is 11.3 Å². The van der Waals surface area contributed by atoms with E-state index in [1.807, 2.05) is 17.0 Å². The Hall–Kier alpha value is -2.30. The second kappa shape index (κ2) is 9.10. The lowest BCUT2D eigenvalue weighted by Crippen LogP contribution is -2.66. The van der Waals surface area contributed by atoms with Gasteiger partial charge in [-0.3, -0.25) is 4.79 Å². The summed E-state index contributed by atoms with van der Waals surface area (Å²) in [5, 5.41) is 28.6. The van der Waals surface area contributed by atoms with Gasteiger partial charge in [-0.25, -0.2) is 4.68 Å². The quantitative estimate of drug-likeness (QED) is 0.466. The zero-order chi connectivity index (χ0) is 29.6. The van der Waals surface area contributed by atoms with Gasteiger partial charge in [0.05, 0.1) is 43.2 Å². The fourth-order valence-electron chi connectivity index (χ4n) is 10.7. The number of aliphatic hydroxyl groups excluding tert-OH is 1. The van der Waals surface area contributed by atoms with Crippen molar-refractivity contribution in [3.05, 3.63) is 35.2 Å². The van der Waals surface area contributed by atoms with Gasteiger partial charge in [0.1, 0.15) is 5.69 Å². The molecule has 222 valence electrons. The van der Waals surface area contributed by atoms with E-state index in [4.69, 9.17) is 4.74 Å². The highest BCUT2D eigenvalue weighted by atomic mass is 16.5. The predicted molar refractivity (Wildman–Crippen MR) is 156 cm³/mol. The highest BCUT2D eigenvalue weighted by Gasteiger charge is 2.69. The number of aromatic nitrogens is 3.